The molecular formula is C12H12N2O3. The quantitative estimate of drug-likeness (QED) is 0.744. The number of carboxylic acid groups (broad SMARTS) is 1. The van der Waals surface area contributed by atoms with Crippen molar-refractivity contribution >= 4 is 17.6 Å². The Morgan fingerprint density at radius 1 is 1.47 bits per heavy atom. The van der Waals surface area contributed by atoms with Crippen LogP contribution in [0.4, 0.5) is 5.69 Å². The summed E-state index contributed by atoms with van der Waals surface area (Å²) >= 11 is 0. The molecule has 2 N–H and O–H groups in total. The van der Waals surface area contributed by atoms with Gasteiger partial charge in [0.05, 0.1) is 24.0 Å². The number of terminal acetylenes is 1. The third-order valence-electron chi connectivity index (χ3n) is 1.94. The predicted molar refractivity (Wildman–Crippen MR) is 62.3 cm³/mol. The highest BCUT2D eigenvalue weighted by atomic mass is 16.4. The number of nitrogens with zero attached hydrogens (tertiary/aromatic N) is 1. The van der Waals surface area contributed by atoms with E-state index in [1.165, 1.54) is 6.20 Å². The molecule has 0 aliphatic carbocycles. The molecule has 0 saturated carbocycles. The van der Waals surface area contributed by atoms with E-state index in [-0.39, 0.29) is 18.7 Å². The van der Waals surface area contributed by atoms with Gasteiger partial charge in [-0.15, -0.1) is 12.3 Å². The summed E-state index contributed by atoms with van der Waals surface area (Å²) < 4.78 is 0. The van der Waals surface area contributed by atoms with Crippen LogP contribution in [0, 0.1) is 12.3 Å². The number of pyridine rings is 1. The fourth-order valence-electron chi connectivity index (χ4n) is 1.17. The number of carbonyl (C=O) groups is 2. The average Bonchev–Trinajstić information content (AvgIpc) is 2.28. The maximum absolute atomic E-state index is 11.3. The Morgan fingerprint density at radius 3 is 2.76 bits per heavy atom. The Hall–Kier alpha value is -2.35. The van der Waals surface area contributed by atoms with Gasteiger partial charge >= 0.3 is 5.97 Å². The summed E-state index contributed by atoms with van der Waals surface area (Å²) in [4.78, 5) is 25.6. The van der Waals surface area contributed by atoms with Crippen LogP contribution in [0.5, 0.6) is 0 Å². The van der Waals surface area contributed by atoms with Crippen LogP contribution in [0.1, 0.15) is 18.5 Å². The first kappa shape index (κ1) is 12.7. The number of aliphatic carboxylic acids is 1. The highest BCUT2D eigenvalue weighted by molar-refractivity contribution is 5.90. The average molecular weight is 232 g/mol. The van der Waals surface area contributed by atoms with Crippen molar-refractivity contribution in [1.82, 2.24) is 4.98 Å². The molecule has 5 heteroatoms. The summed E-state index contributed by atoms with van der Waals surface area (Å²) in [6.07, 6.45) is 6.97. The molecule has 0 radical (unpaired) electrons. The summed E-state index contributed by atoms with van der Waals surface area (Å²) in [5.74, 6) is 1.25. The second-order valence-corrected chi connectivity index (χ2v) is 3.36. The van der Waals surface area contributed by atoms with E-state index in [4.69, 9.17) is 11.5 Å². The molecule has 1 aromatic heterocycles. The summed E-state index contributed by atoms with van der Waals surface area (Å²) in [5, 5.41) is 11.2. The molecule has 0 aromatic carbocycles. The van der Waals surface area contributed by atoms with Gasteiger partial charge < -0.3 is 10.4 Å². The fourth-order valence-corrected chi connectivity index (χ4v) is 1.17. The van der Waals surface area contributed by atoms with E-state index in [9.17, 15) is 9.59 Å². The zero-order valence-corrected chi connectivity index (χ0v) is 9.14. The van der Waals surface area contributed by atoms with Crippen molar-refractivity contribution in [3.8, 4) is 12.3 Å². The number of anilines is 1. The van der Waals surface area contributed by atoms with Crippen LogP contribution < -0.4 is 5.32 Å². The van der Waals surface area contributed by atoms with Crippen LogP contribution in [-0.2, 0) is 16.0 Å². The Morgan fingerprint density at radius 2 is 2.24 bits per heavy atom. The Labute approximate surface area is 98.9 Å². The largest absolute Gasteiger partial charge is 0.481 e. The second kappa shape index (κ2) is 6.28. The Bertz CT molecular complexity index is 446. The number of carboxylic acids is 1. The third kappa shape index (κ3) is 4.80. The molecule has 0 aliphatic rings. The predicted octanol–water partition coefficient (Wildman–Crippen LogP) is 1.06. The number of aromatic nitrogens is 1. The van der Waals surface area contributed by atoms with Gasteiger partial charge in [0, 0.05) is 12.8 Å². The molecule has 0 aliphatic heterocycles. The topological polar surface area (TPSA) is 79.3 Å². The number of amides is 1. The highest BCUT2D eigenvalue weighted by Gasteiger charge is 2.04. The summed E-state index contributed by atoms with van der Waals surface area (Å²) in [7, 11) is 0. The SMILES string of the molecule is C#CCCC(=O)Nc1ccc(CC(=O)O)nc1. The van der Waals surface area contributed by atoms with Gasteiger partial charge in [-0.05, 0) is 12.1 Å². The van der Waals surface area contributed by atoms with E-state index in [0.29, 0.717) is 17.8 Å². The van der Waals surface area contributed by atoms with E-state index in [1.54, 1.807) is 12.1 Å². The smallest absolute Gasteiger partial charge is 0.309 e. The van der Waals surface area contributed by atoms with Crippen molar-refractivity contribution in [1.29, 1.82) is 0 Å². The Kier molecular flexibility index (Phi) is 4.70. The third-order valence-corrected chi connectivity index (χ3v) is 1.94. The normalized spacial score (nSPS) is 9.35. The molecule has 0 saturated heterocycles. The van der Waals surface area contributed by atoms with Crippen molar-refractivity contribution < 1.29 is 14.7 Å². The lowest BCUT2D eigenvalue weighted by atomic mass is 10.2. The van der Waals surface area contributed by atoms with E-state index in [1.807, 2.05) is 0 Å². The number of hydrogen-bond acceptors (Lipinski definition) is 3. The van der Waals surface area contributed by atoms with Crippen molar-refractivity contribution in [2.45, 2.75) is 19.3 Å². The number of hydrogen-bond donors (Lipinski definition) is 2. The molecule has 0 spiro atoms. The van der Waals surface area contributed by atoms with Gasteiger partial charge in [0.25, 0.3) is 0 Å². The molecule has 0 bridgehead atoms. The lowest BCUT2D eigenvalue weighted by Crippen LogP contribution is -2.11. The fraction of sp³-hybridized carbons (Fsp3) is 0.250. The lowest BCUT2D eigenvalue weighted by molar-refractivity contribution is -0.136. The van der Waals surface area contributed by atoms with Crippen LogP contribution in [0.25, 0.3) is 0 Å². The lowest BCUT2D eigenvalue weighted by Gasteiger charge is -2.04. The monoisotopic (exact) mass is 232 g/mol. The molecule has 88 valence electrons. The molecule has 1 amide bonds. The zero-order valence-electron chi connectivity index (χ0n) is 9.14. The molecule has 0 unspecified atom stereocenters. The zero-order chi connectivity index (χ0) is 12.7. The minimum Gasteiger partial charge on any atom is -0.481 e. The van der Waals surface area contributed by atoms with Gasteiger partial charge in [-0.3, -0.25) is 14.6 Å². The summed E-state index contributed by atoms with van der Waals surface area (Å²) in [6.45, 7) is 0. The number of rotatable bonds is 5. The van der Waals surface area contributed by atoms with E-state index in [0.717, 1.165) is 0 Å². The van der Waals surface area contributed by atoms with Crippen LogP contribution in [0.15, 0.2) is 18.3 Å². The molecule has 5 nitrogen and oxygen atoms in total. The molecule has 1 aromatic rings. The first-order valence-corrected chi connectivity index (χ1v) is 5.02. The summed E-state index contributed by atoms with van der Waals surface area (Å²) in [6, 6.07) is 3.17. The van der Waals surface area contributed by atoms with Crippen molar-refractivity contribution in [2.24, 2.45) is 0 Å². The van der Waals surface area contributed by atoms with E-state index < -0.39 is 5.97 Å². The van der Waals surface area contributed by atoms with Gasteiger partial charge in [-0.2, -0.15) is 0 Å². The van der Waals surface area contributed by atoms with Crippen LogP contribution >= 0.6 is 0 Å². The summed E-state index contributed by atoms with van der Waals surface area (Å²) in [5.41, 5.74) is 0.972. The first-order valence-electron chi connectivity index (χ1n) is 5.02. The maximum Gasteiger partial charge on any atom is 0.309 e. The van der Waals surface area contributed by atoms with Crippen molar-refractivity contribution in [3.05, 3.63) is 24.0 Å². The van der Waals surface area contributed by atoms with Gasteiger partial charge in [-0.25, -0.2) is 0 Å². The number of nitrogens with one attached hydrogen (secondary N) is 1. The maximum atomic E-state index is 11.3. The van der Waals surface area contributed by atoms with Gasteiger partial charge in [0.1, 0.15) is 0 Å². The van der Waals surface area contributed by atoms with E-state index >= 15 is 0 Å². The minimum atomic E-state index is -0.941. The van der Waals surface area contributed by atoms with Crippen molar-refractivity contribution in [3.63, 3.8) is 0 Å². The molecule has 1 heterocycles. The van der Waals surface area contributed by atoms with Crippen LogP contribution in [0.2, 0.25) is 0 Å². The van der Waals surface area contributed by atoms with Gasteiger partial charge in [0.2, 0.25) is 5.91 Å². The second-order valence-electron chi connectivity index (χ2n) is 3.36. The Balaban J connectivity index is 2.53. The molecular weight excluding hydrogens is 220 g/mol. The van der Waals surface area contributed by atoms with Crippen molar-refractivity contribution in [2.75, 3.05) is 5.32 Å². The first-order chi connectivity index (χ1) is 8.11. The van der Waals surface area contributed by atoms with Crippen LogP contribution in [-0.4, -0.2) is 22.0 Å². The number of carbonyl (C=O) groups excluding carboxylic acids is 1. The van der Waals surface area contributed by atoms with Crippen LogP contribution in [0.3, 0.4) is 0 Å². The standard InChI is InChI=1S/C12H12N2O3/c1-2-3-4-11(15)14-10-6-5-9(13-8-10)7-12(16)17/h1,5-6,8H,3-4,7H2,(H,14,15)(H,16,17). The molecule has 1 rings (SSSR count). The molecule has 0 atom stereocenters. The molecule has 0 fully saturated rings. The molecule has 17 heavy (non-hydrogen) atoms. The minimum absolute atomic E-state index is 0.134. The van der Waals surface area contributed by atoms with Gasteiger partial charge in [-0.1, -0.05) is 0 Å². The van der Waals surface area contributed by atoms with Gasteiger partial charge in [0.15, 0.2) is 0 Å². The highest BCUT2D eigenvalue weighted by Crippen LogP contribution is 2.07. The van der Waals surface area contributed by atoms with E-state index in [2.05, 4.69) is 16.2 Å².